The molecule has 0 aliphatic heterocycles. The largest absolute Gasteiger partial charge is 0.375 e. The van der Waals surface area contributed by atoms with Crippen LogP contribution in [-0.2, 0) is 9.78 Å². The van der Waals surface area contributed by atoms with E-state index in [0.717, 1.165) is 16.8 Å². The average molecular weight is 455 g/mol. The Morgan fingerprint density at radius 2 is 1.47 bits per heavy atom. The molecule has 1 heterocycles. The third-order valence-electron chi connectivity index (χ3n) is 4.99. The van der Waals surface area contributed by atoms with Gasteiger partial charge in [0.25, 0.3) is 5.91 Å². The van der Waals surface area contributed by atoms with Crippen molar-refractivity contribution in [3.8, 4) is 16.8 Å². The van der Waals surface area contributed by atoms with Crippen LogP contribution < -0.4 is 5.32 Å². The molecule has 0 spiro atoms. The number of aromatic nitrogens is 1. The molecule has 0 fully saturated rings. The lowest BCUT2D eigenvalue weighted by Crippen LogP contribution is -2.23. The summed E-state index contributed by atoms with van der Waals surface area (Å²) >= 11 is 0. The quantitative estimate of drug-likeness (QED) is 0.275. The first-order valence-corrected chi connectivity index (χ1v) is 10.9. The summed E-state index contributed by atoms with van der Waals surface area (Å²) in [5, 5.41) is 2.87. The van der Waals surface area contributed by atoms with Crippen LogP contribution in [0.4, 0.5) is 5.69 Å². The van der Waals surface area contributed by atoms with E-state index in [1.807, 2.05) is 77.6 Å². The number of anilines is 1. The van der Waals surface area contributed by atoms with Gasteiger partial charge in [0.2, 0.25) is 0 Å². The van der Waals surface area contributed by atoms with Crippen molar-refractivity contribution in [2.24, 2.45) is 0 Å². The summed E-state index contributed by atoms with van der Waals surface area (Å²) in [6.07, 6.45) is 3.86. The molecule has 0 aliphatic carbocycles. The lowest BCUT2D eigenvalue weighted by atomic mass is 10.0. The standard InChI is InChI=1S/C28H26N2O4/c1-28(2,3)34-33-27(32)24-16-13-22(20-9-5-4-6-10-20)19-25(24)29-26(31)21-11-14-23(15-12-21)30-17-7-8-18-30/h4-19H,1-3H3,(H,29,31). The van der Waals surface area contributed by atoms with E-state index in [1.165, 1.54) is 0 Å². The highest BCUT2D eigenvalue weighted by molar-refractivity contribution is 6.08. The molecule has 1 N–H and O–H groups in total. The van der Waals surface area contributed by atoms with Gasteiger partial charge in [-0.2, -0.15) is 4.89 Å². The minimum atomic E-state index is -0.687. The molecule has 0 radical (unpaired) electrons. The van der Waals surface area contributed by atoms with Crippen molar-refractivity contribution in [3.63, 3.8) is 0 Å². The summed E-state index contributed by atoms with van der Waals surface area (Å²) in [6.45, 7) is 5.33. The van der Waals surface area contributed by atoms with Gasteiger partial charge in [0.05, 0.1) is 11.3 Å². The zero-order valence-corrected chi connectivity index (χ0v) is 19.3. The topological polar surface area (TPSA) is 69.6 Å². The first-order valence-electron chi connectivity index (χ1n) is 10.9. The molecule has 6 heteroatoms. The van der Waals surface area contributed by atoms with Gasteiger partial charge < -0.3 is 9.88 Å². The highest BCUT2D eigenvalue weighted by Gasteiger charge is 2.21. The monoisotopic (exact) mass is 454 g/mol. The normalized spacial score (nSPS) is 11.1. The van der Waals surface area contributed by atoms with Crippen LogP contribution in [0.5, 0.6) is 0 Å². The van der Waals surface area contributed by atoms with Gasteiger partial charge >= 0.3 is 5.97 Å². The number of hydrogen-bond acceptors (Lipinski definition) is 4. The zero-order chi connectivity index (χ0) is 24.1. The van der Waals surface area contributed by atoms with Gasteiger partial charge in [0.15, 0.2) is 0 Å². The third kappa shape index (κ3) is 5.60. The Labute approximate surface area is 198 Å². The summed E-state index contributed by atoms with van der Waals surface area (Å²) in [4.78, 5) is 36.0. The lowest BCUT2D eigenvalue weighted by molar-refractivity contribution is -0.301. The molecule has 1 aromatic heterocycles. The number of hydrogen-bond donors (Lipinski definition) is 1. The number of amides is 1. The molecule has 0 bridgehead atoms. The Balaban J connectivity index is 1.62. The van der Waals surface area contributed by atoms with Crippen molar-refractivity contribution in [2.75, 3.05) is 5.32 Å². The van der Waals surface area contributed by atoms with Gasteiger partial charge in [0.1, 0.15) is 5.60 Å². The first kappa shape index (κ1) is 23.0. The van der Waals surface area contributed by atoms with Crippen LogP contribution in [0.3, 0.4) is 0 Å². The zero-order valence-electron chi connectivity index (χ0n) is 19.3. The van der Waals surface area contributed by atoms with E-state index in [4.69, 9.17) is 9.78 Å². The van der Waals surface area contributed by atoms with E-state index in [-0.39, 0.29) is 11.5 Å². The van der Waals surface area contributed by atoms with Crippen molar-refractivity contribution < 1.29 is 19.4 Å². The van der Waals surface area contributed by atoms with Gasteiger partial charge in [-0.1, -0.05) is 36.4 Å². The molecule has 172 valence electrons. The van der Waals surface area contributed by atoms with Crippen molar-refractivity contribution in [3.05, 3.63) is 108 Å². The lowest BCUT2D eigenvalue weighted by Gasteiger charge is -2.18. The molecular weight excluding hydrogens is 428 g/mol. The minimum absolute atomic E-state index is 0.196. The van der Waals surface area contributed by atoms with E-state index >= 15 is 0 Å². The Morgan fingerprint density at radius 3 is 2.12 bits per heavy atom. The van der Waals surface area contributed by atoms with Crippen LogP contribution in [-0.4, -0.2) is 22.0 Å². The van der Waals surface area contributed by atoms with E-state index in [2.05, 4.69) is 5.32 Å². The molecule has 1 amide bonds. The molecule has 0 unspecified atom stereocenters. The maximum Gasteiger partial charge on any atom is 0.375 e. The fourth-order valence-electron chi connectivity index (χ4n) is 3.33. The predicted molar refractivity (Wildman–Crippen MR) is 132 cm³/mol. The number of rotatable bonds is 6. The summed E-state index contributed by atoms with van der Waals surface area (Å²) in [7, 11) is 0. The van der Waals surface area contributed by atoms with Crippen molar-refractivity contribution in [1.29, 1.82) is 0 Å². The molecule has 0 saturated heterocycles. The minimum Gasteiger partial charge on any atom is -0.324 e. The van der Waals surface area contributed by atoms with Gasteiger partial charge in [-0.25, -0.2) is 4.79 Å². The third-order valence-corrected chi connectivity index (χ3v) is 4.99. The van der Waals surface area contributed by atoms with Gasteiger partial charge in [-0.05, 0) is 80.4 Å². The molecule has 0 aliphatic rings. The highest BCUT2D eigenvalue weighted by atomic mass is 17.2. The summed E-state index contributed by atoms with van der Waals surface area (Å²) in [6, 6.07) is 26.0. The van der Waals surface area contributed by atoms with Crippen molar-refractivity contribution in [1.82, 2.24) is 4.57 Å². The Hall–Kier alpha value is -4.16. The summed E-state index contributed by atoms with van der Waals surface area (Å²) in [5.74, 6) is -1.03. The van der Waals surface area contributed by atoms with Gasteiger partial charge in [0, 0.05) is 23.6 Å². The van der Waals surface area contributed by atoms with Crippen LogP contribution in [0, 0.1) is 0 Å². The van der Waals surface area contributed by atoms with Crippen LogP contribution >= 0.6 is 0 Å². The van der Waals surface area contributed by atoms with Crippen LogP contribution in [0.2, 0.25) is 0 Å². The average Bonchev–Trinajstić information content (AvgIpc) is 3.38. The van der Waals surface area contributed by atoms with E-state index in [0.29, 0.717) is 11.3 Å². The molecule has 4 rings (SSSR count). The maximum atomic E-state index is 13.1. The molecule has 3 aromatic carbocycles. The van der Waals surface area contributed by atoms with Gasteiger partial charge in [-0.3, -0.25) is 9.68 Å². The highest BCUT2D eigenvalue weighted by Crippen LogP contribution is 2.27. The Kier molecular flexibility index (Phi) is 6.61. The Bertz CT molecular complexity index is 1270. The molecule has 6 nitrogen and oxygen atoms in total. The summed E-state index contributed by atoms with van der Waals surface area (Å²) < 4.78 is 1.95. The number of carbonyl (C=O) groups excluding carboxylic acids is 2. The predicted octanol–water partition coefficient (Wildman–Crippen LogP) is 6.28. The molecular formula is C28H26N2O4. The first-order chi connectivity index (χ1) is 16.3. The van der Waals surface area contributed by atoms with Crippen molar-refractivity contribution in [2.45, 2.75) is 26.4 Å². The second kappa shape index (κ2) is 9.77. The Morgan fingerprint density at radius 1 is 0.794 bits per heavy atom. The molecule has 4 aromatic rings. The maximum absolute atomic E-state index is 13.1. The number of benzene rings is 3. The SMILES string of the molecule is CC(C)(C)OOC(=O)c1ccc(-c2ccccc2)cc1NC(=O)c1ccc(-n2cccc2)cc1. The second-order valence-electron chi connectivity index (χ2n) is 8.78. The van der Waals surface area contributed by atoms with Crippen molar-refractivity contribution >= 4 is 17.6 Å². The van der Waals surface area contributed by atoms with Crippen LogP contribution in [0.1, 0.15) is 41.5 Å². The number of nitrogens with one attached hydrogen (secondary N) is 1. The fourth-order valence-corrected chi connectivity index (χ4v) is 3.33. The van der Waals surface area contributed by atoms with Gasteiger partial charge in [-0.15, -0.1) is 0 Å². The number of carbonyl (C=O) groups is 2. The second-order valence-corrected chi connectivity index (χ2v) is 8.78. The smallest absolute Gasteiger partial charge is 0.324 e. The summed E-state index contributed by atoms with van der Waals surface area (Å²) in [5.41, 5.74) is 3.09. The van der Waals surface area contributed by atoms with Crippen LogP contribution in [0.25, 0.3) is 16.8 Å². The fraction of sp³-hybridized carbons (Fsp3) is 0.143. The van der Waals surface area contributed by atoms with E-state index in [9.17, 15) is 9.59 Å². The van der Waals surface area contributed by atoms with E-state index in [1.54, 1.807) is 45.0 Å². The molecule has 34 heavy (non-hydrogen) atoms. The molecule has 0 saturated carbocycles. The van der Waals surface area contributed by atoms with Crippen LogP contribution in [0.15, 0.2) is 97.3 Å². The number of nitrogens with zero attached hydrogens (tertiary/aromatic N) is 1. The molecule has 0 atom stereocenters. The van der Waals surface area contributed by atoms with E-state index < -0.39 is 11.6 Å².